The first-order valence-electron chi connectivity index (χ1n) is 5.61. The van der Waals surface area contributed by atoms with Crippen LogP contribution in [0.3, 0.4) is 0 Å². The van der Waals surface area contributed by atoms with Crippen LogP contribution < -0.4 is 5.32 Å². The second-order valence-corrected chi connectivity index (χ2v) is 4.79. The third-order valence-electron chi connectivity index (χ3n) is 2.60. The Hall–Kier alpha value is -1.43. The fourth-order valence-electron chi connectivity index (χ4n) is 1.48. The number of nitro benzene ring substituents is 1. The van der Waals surface area contributed by atoms with Crippen LogP contribution in [-0.2, 0) is 4.79 Å². The van der Waals surface area contributed by atoms with Crippen molar-refractivity contribution in [3.8, 4) is 0 Å². The van der Waals surface area contributed by atoms with E-state index < -0.39 is 4.92 Å². The summed E-state index contributed by atoms with van der Waals surface area (Å²) in [5, 5.41) is 14.0. The smallest absolute Gasteiger partial charge is 0.269 e. The number of nitrogens with zero attached hydrogens (tertiary/aromatic N) is 1. The van der Waals surface area contributed by atoms with Crippen LogP contribution in [0, 0.1) is 10.1 Å². The Morgan fingerprint density at radius 1 is 1.44 bits per heavy atom. The Bertz CT molecular complexity index is 420. The highest BCUT2D eigenvalue weighted by Crippen LogP contribution is 2.18. The van der Waals surface area contributed by atoms with Gasteiger partial charge in [-0.1, -0.05) is 35.0 Å². The molecule has 1 rings (SSSR count). The van der Waals surface area contributed by atoms with E-state index in [-0.39, 0.29) is 17.5 Å². The molecule has 98 valence electrons. The Kier molecular flexibility index (Phi) is 5.77. The zero-order chi connectivity index (χ0) is 13.5. The molecule has 0 radical (unpaired) electrons. The largest absolute Gasteiger partial charge is 0.355 e. The zero-order valence-corrected chi connectivity index (χ0v) is 11.6. The molecule has 0 aliphatic rings. The zero-order valence-electron chi connectivity index (χ0n) is 10.1. The van der Waals surface area contributed by atoms with Crippen molar-refractivity contribution < 1.29 is 9.72 Å². The van der Waals surface area contributed by atoms with Gasteiger partial charge in [0.15, 0.2) is 0 Å². The molecule has 1 aromatic rings. The first-order chi connectivity index (χ1) is 8.54. The number of halogens is 1. The first kappa shape index (κ1) is 14.6. The highest BCUT2D eigenvalue weighted by atomic mass is 79.9. The van der Waals surface area contributed by atoms with E-state index in [9.17, 15) is 14.9 Å². The predicted molar refractivity (Wildman–Crippen MR) is 72.9 cm³/mol. The van der Waals surface area contributed by atoms with E-state index in [0.717, 1.165) is 5.56 Å². The van der Waals surface area contributed by atoms with Gasteiger partial charge in [0.25, 0.3) is 5.69 Å². The molecule has 0 saturated heterocycles. The van der Waals surface area contributed by atoms with E-state index in [4.69, 9.17) is 0 Å². The maximum Gasteiger partial charge on any atom is 0.269 e. The number of nitrogens with one attached hydrogen (secondary N) is 1. The average Bonchev–Trinajstić information content (AvgIpc) is 2.36. The summed E-state index contributed by atoms with van der Waals surface area (Å²) in [6.45, 7) is 2.50. The van der Waals surface area contributed by atoms with Gasteiger partial charge < -0.3 is 5.32 Å². The lowest BCUT2D eigenvalue weighted by Gasteiger charge is -2.12. The van der Waals surface area contributed by atoms with Crippen LogP contribution in [0.1, 0.15) is 24.8 Å². The van der Waals surface area contributed by atoms with E-state index in [1.54, 1.807) is 12.1 Å². The van der Waals surface area contributed by atoms with E-state index in [2.05, 4.69) is 21.2 Å². The summed E-state index contributed by atoms with van der Waals surface area (Å²) in [7, 11) is 0. The molecule has 1 N–H and O–H groups in total. The van der Waals surface area contributed by atoms with E-state index >= 15 is 0 Å². The molecular weight excluding hydrogens is 300 g/mol. The minimum Gasteiger partial charge on any atom is -0.355 e. The Morgan fingerprint density at radius 2 is 2.06 bits per heavy atom. The lowest BCUT2D eigenvalue weighted by molar-refractivity contribution is -0.384. The number of carbonyl (C=O) groups excluding carboxylic acids is 1. The lowest BCUT2D eigenvalue weighted by atomic mass is 10.0. The predicted octanol–water partition coefficient (Wildman–Crippen LogP) is 2.60. The van der Waals surface area contributed by atoms with Crippen LogP contribution in [0.25, 0.3) is 0 Å². The van der Waals surface area contributed by atoms with Gasteiger partial charge in [-0.15, -0.1) is 0 Å². The summed E-state index contributed by atoms with van der Waals surface area (Å²) in [5.41, 5.74) is 1.05. The lowest BCUT2D eigenvalue weighted by Crippen LogP contribution is -2.27. The molecule has 0 heterocycles. The van der Waals surface area contributed by atoms with Crippen LogP contribution in [0.2, 0.25) is 0 Å². The second kappa shape index (κ2) is 7.10. The molecule has 1 amide bonds. The maximum absolute atomic E-state index is 11.3. The Balaban J connectivity index is 2.53. The highest BCUT2D eigenvalue weighted by Gasteiger charge is 2.10. The quantitative estimate of drug-likeness (QED) is 0.498. The molecule has 0 aromatic heterocycles. The average molecular weight is 315 g/mol. The van der Waals surface area contributed by atoms with E-state index in [1.807, 2.05) is 6.92 Å². The van der Waals surface area contributed by atoms with Crippen molar-refractivity contribution in [2.45, 2.75) is 19.3 Å². The minimum absolute atomic E-state index is 0.000590. The molecule has 0 saturated carbocycles. The molecule has 0 fully saturated rings. The number of non-ortho nitro benzene ring substituents is 1. The standard InChI is InChI=1S/C12H15BrN2O3/c1-9(8-14-12(16)6-7-13)10-2-4-11(5-3-10)15(17)18/h2-5,9H,6-8H2,1H3,(H,14,16). The topological polar surface area (TPSA) is 72.2 Å². The SMILES string of the molecule is CC(CNC(=O)CCBr)c1ccc([N+](=O)[O-])cc1. The Labute approximate surface area is 114 Å². The first-order valence-corrected chi connectivity index (χ1v) is 6.73. The molecule has 6 heteroatoms. The number of alkyl halides is 1. The summed E-state index contributed by atoms with van der Waals surface area (Å²) in [5.74, 6) is 0.130. The molecule has 0 aliphatic carbocycles. The van der Waals surface area contributed by atoms with Gasteiger partial charge in [0.2, 0.25) is 5.91 Å². The summed E-state index contributed by atoms with van der Waals surface area (Å²) < 4.78 is 0. The van der Waals surface area contributed by atoms with Gasteiger partial charge in [0.05, 0.1) is 4.92 Å². The van der Waals surface area contributed by atoms with Gasteiger partial charge >= 0.3 is 0 Å². The van der Waals surface area contributed by atoms with Crippen molar-refractivity contribution in [3.63, 3.8) is 0 Å². The molecular formula is C12H15BrN2O3. The van der Waals surface area contributed by atoms with E-state index in [0.29, 0.717) is 18.3 Å². The second-order valence-electron chi connectivity index (χ2n) is 3.99. The van der Waals surface area contributed by atoms with Crippen molar-refractivity contribution >= 4 is 27.5 Å². The van der Waals surface area contributed by atoms with Crippen LogP contribution >= 0.6 is 15.9 Å². The van der Waals surface area contributed by atoms with Gasteiger partial charge in [-0.25, -0.2) is 0 Å². The number of carbonyl (C=O) groups is 1. The molecule has 18 heavy (non-hydrogen) atoms. The molecule has 0 spiro atoms. The van der Waals surface area contributed by atoms with Crippen molar-refractivity contribution in [3.05, 3.63) is 39.9 Å². The summed E-state index contributed by atoms with van der Waals surface area (Å²) in [6, 6.07) is 6.40. The normalized spacial score (nSPS) is 11.9. The van der Waals surface area contributed by atoms with Crippen LogP contribution in [0.4, 0.5) is 5.69 Å². The number of hydrogen-bond acceptors (Lipinski definition) is 3. The molecule has 1 atom stereocenters. The molecule has 5 nitrogen and oxygen atoms in total. The van der Waals surface area contributed by atoms with Gasteiger partial charge in [0.1, 0.15) is 0 Å². The molecule has 0 bridgehead atoms. The monoisotopic (exact) mass is 314 g/mol. The van der Waals surface area contributed by atoms with Crippen molar-refractivity contribution in [2.24, 2.45) is 0 Å². The molecule has 1 aromatic carbocycles. The number of rotatable bonds is 6. The number of hydrogen-bond donors (Lipinski definition) is 1. The fourth-order valence-corrected chi connectivity index (χ4v) is 1.84. The summed E-state index contributed by atoms with van der Waals surface area (Å²) in [6.07, 6.45) is 0.451. The van der Waals surface area contributed by atoms with Crippen LogP contribution in [0.15, 0.2) is 24.3 Å². The number of benzene rings is 1. The summed E-state index contributed by atoms with van der Waals surface area (Å²) >= 11 is 3.20. The fraction of sp³-hybridized carbons (Fsp3) is 0.417. The number of amides is 1. The third kappa shape index (κ3) is 4.44. The maximum atomic E-state index is 11.3. The van der Waals surface area contributed by atoms with Crippen LogP contribution in [0.5, 0.6) is 0 Å². The minimum atomic E-state index is -0.424. The molecule has 0 aliphatic heterocycles. The number of nitro groups is 1. The Morgan fingerprint density at radius 3 is 2.56 bits per heavy atom. The third-order valence-corrected chi connectivity index (χ3v) is 3.00. The van der Waals surface area contributed by atoms with Crippen molar-refractivity contribution in [1.29, 1.82) is 0 Å². The van der Waals surface area contributed by atoms with Crippen LogP contribution in [-0.4, -0.2) is 22.7 Å². The van der Waals surface area contributed by atoms with Gasteiger partial charge in [-0.3, -0.25) is 14.9 Å². The van der Waals surface area contributed by atoms with Crippen molar-refractivity contribution in [2.75, 3.05) is 11.9 Å². The van der Waals surface area contributed by atoms with Gasteiger partial charge in [-0.2, -0.15) is 0 Å². The highest BCUT2D eigenvalue weighted by molar-refractivity contribution is 9.09. The molecule has 1 unspecified atom stereocenters. The van der Waals surface area contributed by atoms with E-state index in [1.165, 1.54) is 12.1 Å². The summed E-state index contributed by atoms with van der Waals surface area (Å²) in [4.78, 5) is 21.4. The van der Waals surface area contributed by atoms with Gasteiger partial charge in [0, 0.05) is 30.4 Å². The van der Waals surface area contributed by atoms with Gasteiger partial charge in [-0.05, 0) is 11.5 Å². The van der Waals surface area contributed by atoms with Crippen molar-refractivity contribution in [1.82, 2.24) is 5.32 Å².